The zero-order valence-corrected chi connectivity index (χ0v) is 12.3. The van der Waals surface area contributed by atoms with Crippen LogP contribution in [0.15, 0.2) is 30.6 Å². The molecule has 1 aliphatic carbocycles. The zero-order valence-electron chi connectivity index (χ0n) is 12.3. The average Bonchev–Trinajstić information content (AvgIpc) is 2.97. The third kappa shape index (κ3) is 3.18. The molecule has 1 aromatic carbocycles. The van der Waals surface area contributed by atoms with Gasteiger partial charge >= 0.3 is 5.97 Å². The van der Waals surface area contributed by atoms with Crippen LogP contribution in [0.5, 0.6) is 0 Å². The summed E-state index contributed by atoms with van der Waals surface area (Å²) in [5.74, 6) is -1.30. The topological polar surface area (TPSA) is 55.1 Å². The minimum atomic E-state index is -1.26. The van der Waals surface area contributed by atoms with E-state index in [1.165, 1.54) is 44.2 Å². The summed E-state index contributed by atoms with van der Waals surface area (Å²) < 4.78 is 15.4. The number of carboxylic acids is 1. The summed E-state index contributed by atoms with van der Waals surface area (Å²) in [6, 6.07) is 4.14. The Balaban J connectivity index is 1.78. The maximum absolute atomic E-state index is 13.4. The molecule has 1 aromatic heterocycles. The molecule has 0 saturated heterocycles. The van der Waals surface area contributed by atoms with Crippen LogP contribution >= 0.6 is 0 Å². The highest BCUT2D eigenvalue weighted by atomic mass is 19.1. The lowest BCUT2D eigenvalue weighted by Gasteiger charge is -2.21. The molecular weight excluding hydrogens is 283 g/mol. The van der Waals surface area contributed by atoms with Gasteiger partial charge < -0.3 is 5.11 Å². The van der Waals surface area contributed by atoms with Gasteiger partial charge in [-0.15, -0.1) is 0 Å². The first-order chi connectivity index (χ1) is 10.6. The van der Waals surface area contributed by atoms with Crippen molar-refractivity contribution in [1.82, 2.24) is 9.78 Å². The highest BCUT2D eigenvalue weighted by Crippen LogP contribution is 2.26. The fourth-order valence-corrected chi connectivity index (χ4v) is 3.12. The molecule has 5 heteroatoms. The largest absolute Gasteiger partial charge is 0.478 e. The van der Waals surface area contributed by atoms with E-state index in [1.54, 1.807) is 12.3 Å². The fraction of sp³-hybridized carbons (Fsp3) is 0.412. The SMILES string of the molecule is O=C(O)c1cc(-c2cnn(CC3CCCCC3)c2)ccc1F. The number of hydrogen-bond donors (Lipinski definition) is 1. The molecule has 0 atom stereocenters. The van der Waals surface area contributed by atoms with Crippen molar-refractivity contribution >= 4 is 5.97 Å². The second-order valence-electron chi connectivity index (χ2n) is 5.95. The lowest BCUT2D eigenvalue weighted by molar-refractivity contribution is 0.0692. The summed E-state index contributed by atoms with van der Waals surface area (Å²) in [5.41, 5.74) is 1.18. The van der Waals surface area contributed by atoms with Crippen LogP contribution < -0.4 is 0 Å². The summed E-state index contributed by atoms with van der Waals surface area (Å²) >= 11 is 0. The van der Waals surface area contributed by atoms with E-state index in [9.17, 15) is 9.18 Å². The van der Waals surface area contributed by atoms with Gasteiger partial charge in [-0.1, -0.05) is 25.3 Å². The van der Waals surface area contributed by atoms with Crippen molar-refractivity contribution in [2.45, 2.75) is 38.6 Å². The van der Waals surface area contributed by atoms with Crippen LogP contribution in [0, 0.1) is 11.7 Å². The fourth-order valence-electron chi connectivity index (χ4n) is 3.12. The Morgan fingerprint density at radius 3 is 2.77 bits per heavy atom. The molecule has 0 aliphatic heterocycles. The second-order valence-corrected chi connectivity index (χ2v) is 5.95. The second kappa shape index (κ2) is 6.30. The molecule has 116 valence electrons. The Morgan fingerprint density at radius 2 is 2.05 bits per heavy atom. The molecule has 2 aromatic rings. The van der Waals surface area contributed by atoms with Gasteiger partial charge in [-0.2, -0.15) is 5.10 Å². The molecule has 0 amide bonds. The van der Waals surface area contributed by atoms with Gasteiger partial charge in [0.1, 0.15) is 5.82 Å². The van der Waals surface area contributed by atoms with Gasteiger partial charge in [0.25, 0.3) is 0 Å². The average molecular weight is 302 g/mol. The first kappa shape index (κ1) is 14.8. The lowest BCUT2D eigenvalue weighted by atomic mass is 9.89. The molecule has 0 radical (unpaired) electrons. The number of hydrogen-bond acceptors (Lipinski definition) is 2. The quantitative estimate of drug-likeness (QED) is 0.929. The number of benzene rings is 1. The Labute approximate surface area is 128 Å². The van der Waals surface area contributed by atoms with E-state index in [1.807, 2.05) is 10.9 Å². The van der Waals surface area contributed by atoms with Gasteiger partial charge in [0.05, 0.1) is 11.8 Å². The molecule has 1 saturated carbocycles. The normalized spacial score (nSPS) is 15.9. The molecule has 1 heterocycles. The molecule has 1 fully saturated rings. The predicted octanol–water partition coefficient (Wildman–Crippen LogP) is 3.97. The Bertz CT molecular complexity index is 675. The first-order valence-electron chi connectivity index (χ1n) is 7.69. The molecular formula is C17H19FN2O2. The third-order valence-electron chi connectivity index (χ3n) is 4.33. The van der Waals surface area contributed by atoms with Crippen LogP contribution in [-0.2, 0) is 6.54 Å². The van der Waals surface area contributed by atoms with E-state index in [0.717, 1.165) is 12.1 Å². The van der Waals surface area contributed by atoms with Crippen molar-refractivity contribution < 1.29 is 14.3 Å². The Morgan fingerprint density at radius 1 is 1.27 bits per heavy atom. The van der Waals surface area contributed by atoms with E-state index >= 15 is 0 Å². The summed E-state index contributed by atoms with van der Waals surface area (Å²) in [6.07, 6.45) is 10.0. The molecule has 0 spiro atoms. The van der Waals surface area contributed by atoms with Gasteiger partial charge in [0.2, 0.25) is 0 Å². The summed E-state index contributed by atoms with van der Waals surface area (Å²) in [7, 11) is 0. The lowest BCUT2D eigenvalue weighted by Crippen LogP contribution is -2.14. The van der Waals surface area contributed by atoms with Gasteiger partial charge in [-0.25, -0.2) is 9.18 Å². The third-order valence-corrected chi connectivity index (χ3v) is 4.33. The number of aromatic nitrogens is 2. The number of halogens is 1. The molecule has 0 bridgehead atoms. The molecule has 0 unspecified atom stereocenters. The van der Waals surface area contributed by atoms with Crippen molar-refractivity contribution in [3.05, 3.63) is 42.0 Å². The number of carboxylic acid groups (broad SMARTS) is 1. The van der Waals surface area contributed by atoms with Crippen molar-refractivity contribution in [2.75, 3.05) is 0 Å². The smallest absolute Gasteiger partial charge is 0.338 e. The van der Waals surface area contributed by atoms with Crippen molar-refractivity contribution in [3.63, 3.8) is 0 Å². The van der Waals surface area contributed by atoms with Gasteiger partial charge in [0, 0.05) is 18.3 Å². The molecule has 4 nitrogen and oxygen atoms in total. The van der Waals surface area contributed by atoms with Crippen LogP contribution in [0.4, 0.5) is 4.39 Å². The van der Waals surface area contributed by atoms with Crippen LogP contribution in [0.1, 0.15) is 42.5 Å². The first-order valence-corrected chi connectivity index (χ1v) is 7.69. The van der Waals surface area contributed by atoms with Gasteiger partial charge in [-0.3, -0.25) is 4.68 Å². The predicted molar refractivity (Wildman–Crippen MR) is 81.2 cm³/mol. The van der Waals surface area contributed by atoms with E-state index in [-0.39, 0.29) is 5.56 Å². The van der Waals surface area contributed by atoms with Crippen LogP contribution in [0.3, 0.4) is 0 Å². The van der Waals surface area contributed by atoms with Gasteiger partial charge in [-0.05, 0) is 36.5 Å². The summed E-state index contributed by atoms with van der Waals surface area (Å²) in [6.45, 7) is 0.896. The van der Waals surface area contributed by atoms with Crippen molar-refractivity contribution in [1.29, 1.82) is 0 Å². The Hall–Kier alpha value is -2.17. The van der Waals surface area contributed by atoms with Crippen LogP contribution in [-0.4, -0.2) is 20.9 Å². The van der Waals surface area contributed by atoms with Gasteiger partial charge in [0.15, 0.2) is 0 Å². The standard InChI is InChI=1S/C17H19FN2O2/c18-16-7-6-13(8-15(16)17(21)22)14-9-19-20(11-14)10-12-4-2-1-3-5-12/h6-9,11-12H,1-5,10H2,(H,21,22). The number of rotatable bonds is 4. The van der Waals surface area contributed by atoms with Crippen molar-refractivity contribution in [3.8, 4) is 11.1 Å². The number of carbonyl (C=O) groups is 1. The summed E-state index contributed by atoms with van der Waals surface area (Å²) in [5, 5.41) is 13.4. The molecule has 22 heavy (non-hydrogen) atoms. The monoisotopic (exact) mass is 302 g/mol. The zero-order chi connectivity index (χ0) is 15.5. The van der Waals surface area contributed by atoms with E-state index in [0.29, 0.717) is 11.5 Å². The highest BCUT2D eigenvalue weighted by Gasteiger charge is 2.16. The van der Waals surface area contributed by atoms with E-state index in [2.05, 4.69) is 5.10 Å². The van der Waals surface area contributed by atoms with Crippen molar-refractivity contribution in [2.24, 2.45) is 5.92 Å². The Kier molecular flexibility index (Phi) is 4.22. The molecule has 1 aliphatic rings. The summed E-state index contributed by atoms with van der Waals surface area (Å²) in [4.78, 5) is 11.0. The highest BCUT2D eigenvalue weighted by molar-refractivity contribution is 5.89. The molecule has 1 N–H and O–H groups in total. The van der Waals surface area contributed by atoms with E-state index in [4.69, 9.17) is 5.11 Å². The van der Waals surface area contributed by atoms with Crippen LogP contribution in [0.25, 0.3) is 11.1 Å². The number of aromatic carboxylic acids is 1. The van der Waals surface area contributed by atoms with Crippen LogP contribution in [0.2, 0.25) is 0 Å². The maximum Gasteiger partial charge on any atom is 0.338 e. The maximum atomic E-state index is 13.4. The minimum Gasteiger partial charge on any atom is -0.478 e. The minimum absolute atomic E-state index is 0.308. The van der Waals surface area contributed by atoms with E-state index < -0.39 is 11.8 Å². The molecule has 3 rings (SSSR count). The number of nitrogens with zero attached hydrogens (tertiary/aromatic N) is 2.